The van der Waals surface area contributed by atoms with Gasteiger partial charge in [0.1, 0.15) is 11.0 Å². The molecular formula is C12H7Br2N3O. The second-order valence-electron chi connectivity index (χ2n) is 3.62. The van der Waals surface area contributed by atoms with E-state index in [4.69, 9.17) is 4.84 Å². The molecule has 0 aliphatic rings. The molecule has 1 aromatic heterocycles. The number of halogens is 2. The highest BCUT2D eigenvalue weighted by atomic mass is 79.9. The Balaban J connectivity index is 2.01. The molecule has 0 saturated heterocycles. The predicted molar refractivity (Wildman–Crippen MR) is 75.4 cm³/mol. The topological polar surface area (TPSA) is 39.9 Å². The van der Waals surface area contributed by atoms with E-state index in [2.05, 4.69) is 42.2 Å². The number of fused-ring (bicyclic) bond motifs is 1. The first kappa shape index (κ1) is 11.7. The van der Waals surface area contributed by atoms with E-state index in [1.165, 1.54) is 4.85 Å². The number of aromatic nitrogens is 3. The van der Waals surface area contributed by atoms with Gasteiger partial charge in [0.25, 0.3) is 0 Å². The standard InChI is InChI=1S/C12H7Br2N3O/c13-8-5-6-12(9(14)7-8)18-17-11-4-2-1-3-10(11)15-16-17/h1-7H. The van der Waals surface area contributed by atoms with Crippen LogP contribution in [0.15, 0.2) is 51.4 Å². The maximum atomic E-state index is 5.69. The Hall–Kier alpha value is -1.40. The Labute approximate surface area is 120 Å². The van der Waals surface area contributed by atoms with Crippen molar-refractivity contribution in [1.29, 1.82) is 0 Å². The molecule has 2 aromatic carbocycles. The molecule has 0 amide bonds. The lowest BCUT2D eigenvalue weighted by molar-refractivity contribution is 0.183. The Morgan fingerprint density at radius 3 is 2.72 bits per heavy atom. The summed E-state index contributed by atoms with van der Waals surface area (Å²) in [6, 6.07) is 13.3. The van der Waals surface area contributed by atoms with E-state index in [-0.39, 0.29) is 0 Å². The zero-order valence-electron chi connectivity index (χ0n) is 9.05. The summed E-state index contributed by atoms with van der Waals surface area (Å²) in [5.74, 6) is 0.675. The smallest absolute Gasteiger partial charge is 0.172 e. The molecule has 0 fully saturated rings. The number of hydrogen-bond acceptors (Lipinski definition) is 3. The second kappa shape index (κ2) is 4.70. The molecule has 0 radical (unpaired) electrons. The van der Waals surface area contributed by atoms with Crippen LogP contribution in [0.4, 0.5) is 0 Å². The molecule has 18 heavy (non-hydrogen) atoms. The van der Waals surface area contributed by atoms with E-state index in [1.807, 2.05) is 42.5 Å². The van der Waals surface area contributed by atoms with Crippen molar-refractivity contribution >= 4 is 42.9 Å². The molecule has 0 N–H and O–H groups in total. The van der Waals surface area contributed by atoms with Gasteiger partial charge < -0.3 is 4.84 Å². The fourth-order valence-corrected chi connectivity index (χ4v) is 2.68. The molecule has 4 nitrogen and oxygen atoms in total. The van der Waals surface area contributed by atoms with Crippen molar-refractivity contribution in [2.24, 2.45) is 0 Å². The fourth-order valence-electron chi connectivity index (χ4n) is 1.56. The van der Waals surface area contributed by atoms with E-state index in [0.717, 1.165) is 20.0 Å². The first-order chi connectivity index (χ1) is 8.74. The molecule has 1 heterocycles. The van der Waals surface area contributed by atoms with Crippen molar-refractivity contribution in [1.82, 2.24) is 15.2 Å². The molecular weight excluding hydrogens is 362 g/mol. The molecule has 0 atom stereocenters. The molecule has 90 valence electrons. The highest BCUT2D eigenvalue weighted by molar-refractivity contribution is 9.11. The van der Waals surface area contributed by atoms with E-state index in [9.17, 15) is 0 Å². The summed E-state index contributed by atoms with van der Waals surface area (Å²) in [6.45, 7) is 0. The summed E-state index contributed by atoms with van der Waals surface area (Å²) < 4.78 is 1.82. The van der Waals surface area contributed by atoms with Crippen LogP contribution in [-0.4, -0.2) is 15.2 Å². The molecule has 0 bridgehead atoms. The van der Waals surface area contributed by atoms with Gasteiger partial charge in [-0.15, -0.1) is 5.10 Å². The molecule has 3 aromatic rings. The average Bonchev–Trinajstić information content (AvgIpc) is 2.76. The molecule has 0 aliphatic heterocycles. The van der Waals surface area contributed by atoms with Gasteiger partial charge in [0.05, 0.1) is 4.47 Å². The van der Waals surface area contributed by atoms with Gasteiger partial charge in [0.15, 0.2) is 5.75 Å². The molecule has 6 heteroatoms. The summed E-state index contributed by atoms with van der Waals surface area (Å²) in [6.07, 6.45) is 0. The highest BCUT2D eigenvalue weighted by Gasteiger charge is 2.08. The van der Waals surface area contributed by atoms with E-state index in [0.29, 0.717) is 5.75 Å². The third-order valence-corrected chi connectivity index (χ3v) is 3.51. The van der Waals surface area contributed by atoms with Crippen LogP contribution < -0.4 is 4.84 Å². The van der Waals surface area contributed by atoms with E-state index in [1.54, 1.807) is 0 Å². The number of rotatable bonds is 2. The lowest BCUT2D eigenvalue weighted by Gasteiger charge is -2.06. The summed E-state index contributed by atoms with van der Waals surface area (Å²) >= 11 is 6.83. The molecule has 3 rings (SSSR count). The third-order valence-electron chi connectivity index (χ3n) is 2.40. The van der Waals surface area contributed by atoms with E-state index >= 15 is 0 Å². The summed E-state index contributed by atoms with van der Waals surface area (Å²) in [5, 5.41) is 7.99. The predicted octanol–water partition coefficient (Wildman–Crippen LogP) is 3.80. The minimum atomic E-state index is 0.675. The van der Waals surface area contributed by atoms with Crippen LogP contribution in [0.5, 0.6) is 5.75 Å². The Kier molecular flexibility index (Phi) is 3.05. The normalized spacial score (nSPS) is 10.8. The van der Waals surface area contributed by atoms with Crippen molar-refractivity contribution in [2.45, 2.75) is 0 Å². The maximum Gasteiger partial charge on any atom is 0.172 e. The van der Waals surface area contributed by atoms with Crippen molar-refractivity contribution in [3.8, 4) is 5.75 Å². The Morgan fingerprint density at radius 1 is 1.06 bits per heavy atom. The van der Waals surface area contributed by atoms with Gasteiger partial charge in [-0.05, 0) is 51.5 Å². The van der Waals surface area contributed by atoms with Crippen LogP contribution in [0.25, 0.3) is 11.0 Å². The minimum absolute atomic E-state index is 0.675. The van der Waals surface area contributed by atoms with Crippen molar-refractivity contribution in [2.75, 3.05) is 0 Å². The van der Waals surface area contributed by atoms with Gasteiger partial charge in [0, 0.05) is 4.47 Å². The Morgan fingerprint density at radius 2 is 1.89 bits per heavy atom. The van der Waals surface area contributed by atoms with Gasteiger partial charge >= 0.3 is 0 Å². The monoisotopic (exact) mass is 367 g/mol. The van der Waals surface area contributed by atoms with Gasteiger partial charge in [0.2, 0.25) is 0 Å². The summed E-state index contributed by atoms with van der Waals surface area (Å²) in [7, 11) is 0. The van der Waals surface area contributed by atoms with Crippen LogP contribution in [0.3, 0.4) is 0 Å². The van der Waals surface area contributed by atoms with Crippen LogP contribution >= 0.6 is 31.9 Å². The number of hydrogen-bond donors (Lipinski definition) is 0. The van der Waals surface area contributed by atoms with Crippen molar-refractivity contribution in [3.63, 3.8) is 0 Å². The summed E-state index contributed by atoms with van der Waals surface area (Å²) in [4.78, 5) is 7.10. The highest BCUT2D eigenvalue weighted by Crippen LogP contribution is 2.28. The fraction of sp³-hybridized carbons (Fsp3) is 0. The first-order valence-electron chi connectivity index (χ1n) is 5.18. The molecule has 0 unspecified atom stereocenters. The second-order valence-corrected chi connectivity index (χ2v) is 5.39. The van der Waals surface area contributed by atoms with Gasteiger partial charge in [-0.2, -0.15) is 0 Å². The van der Waals surface area contributed by atoms with Gasteiger partial charge in [-0.25, -0.2) is 0 Å². The summed E-state index contributed by atoms with van der Waals surface area (Å²) in [5.41, 5.74) is 1.62. The lowest BCUT2D eigenvalue weighted by Crippen LogP contribution is -2.07. The first-order valence-corrected chi connectivity index (χ1v) is 6.76. The lowest BCUT2D eigenvalue weighted by atomic mass is 10.3. The largest absolute Gasteiger partial charge is 0.355 e. The average molecular weight is 369 g/mol. The van der Waals surface area contributed by atoms with Crippen LogP contribution in [-0.2, 0) is 0 Å². The molecule has 0 saturated carbocycles. The third kappa shape index (κ3) is 2.13. The zero-order chi connectivity index (χ0) is 12.5. The number of nitrogens with zero attached hydrogens (tertiary/aromatic N) is 3. The van der Waals surface area contributed by atoms with Crippen LogP contribution in [0, 0.1) is 0 Å². The maximum absolute atomic E-state index is 5.69. The van der Waals surface area contributed by atoms with Gasteiger partial charge in [-0.3, -0.25) is 0 Å². The Bertz CT molecular complexity index is 711. The van der Waals surface area contributed by atoms with Crippen LogP contribution in [0.2, 0.25) is 0 Å². The number of benzene rings is 2. The number of para-hydroxylation sites is 1. The van der Waals surface area contributed by atoms with Crippen molar-refractivity contribution in [3.05, 3.63) is 51.4 Å². The van der Waals surface area contributed by atoms with E-state index < -0.39 is 0 Å². The SMILES string of the molecule is Brc1ccc(On2nnc3ccccc32)c(Br)c1. The zero-order valence-corrected chi connectivity index (χ0v) is 12.2. The molecule has 0 aliphatic carbocycles. The minimum Gasteiger partial charge on any atom is -0.355 e. The molecule has 0 spiro atoms. The van der Waals surface area contributed by atoms with Crippen LogP contribution in [0.1, 0.15) is 0 Å². The van der Waals surface area contributed by atoms with Crippen molar-refractivity contribution < 1.29 is 4.84 Å². The quantitative estimate of drug-likeness (QED) is 0.690. The van der Waals surface area contributed by atoms with Gasteiger partial charge in [-0.1, -0.05) is 32.9 Å².